The number of carbonyl (C=O) groups excluding carboxylic acids is 1. The van der Waals surface area contributed by atoms with Gasteiger partial charge < -0.3 is 14.5 Å². The molecule has 0 spiro atoms. The van der Waals surface area contributed by atoms with Crippen LogP contribution in [0.25, 0.3) is 22.6 Å². The fourth-order valence-corrected chi connectivity index (χ4v) is 3.04. The minimum atomic E-state index is -0.635. The number of rotatable bonds is 5. The van der Waals surface area contributed by atoms with Crippen molar-refractivity contribution in [1.29, 1.82) is 0 Å². The van der Waals surface area contributed by atoms with Crippen molar-refractivity contribution in [3.05, 3.63) is 81.4 Å². The lowest BCUT2D eigenvalue weighted by Gasteiger charge is -2.06. The molecule has 0 saturated carbocycles. The molecule has 0 atom stereocenters. The summed E-state index contributed by atoms with van der Waals surface area (Å²) in [5.41, 5.74) is 2.35. The van der Waals surface area contributed by atoms with Crippen LogP contribution in [-0.4, -0.2) is 22.9 Å². The number of oxazole rings is 1. The molecule has 8 nitrogen and oxygen atoms in total. The van der Waals surface area contributed by atoms with Crippen LogP contribution in [0.3, 0.4) is 0 Å². The van der Waals surface area contributed by atoms with Crippen molar-refractivity contribution in [3.63, 3.8) is 0 Å². The zero-order chi connectivity index (χ0) is 21.3. The Balaban J connectivity index is 1.53. The minimum Gasteiger partial charge on any atom is -0.497 e. The van der Waals surface area contributed by atoms with Crippen molar-refractivity contribution in [2.75, 3.05) is 12.4 Å². The van der Waals surface area contributed by atoms with Gasteiger partial charge in [-0.15, -0.1) is 0 Å². The smallest absolute Gasteiger partial charge is 0.288 e. The number of ether oxygens (including phenoxy) is 1. The minimum absolute atomic E-state index is 0.0307. The number of nitro benzene ring substituents is 1. The largest absolute Gasteiger partial charge is 0.497 e. The molecule has 0 aliphatic heterocycles. The molecule has 4 rings (SSSR count). The monoisotopic (exact) mass is 423 g/mol. The lowest BCUT2D eigenvalue weighted by Crippen LogP contribution is -2.12. The van der Waals surface area contributed by atoms with E-state index in [-0.39, 0.29) is 16.3 Å². The first-order valence-corrected chi connectivity index (χ1v) is 9.13. The van der Waals surface area contributed by atoms with Crippen LogP contribution < -0.4 is 10.1 Å². The summed E-state index contributed by atoms with van der Waals surface area (Å²) in [6.45, 7) is 0. The second-order valence-corrected chi connectivity index (χ2v) is 6.71. The number of carbonyl (C=O) groups is 1. The second-order valence-electron chi connectivity index (χ2n) is 6.31. The number of amides is 1. The Morgan fingerprint density at radius 2 is 1.90 bits per heavy atom. The topological polar surface area (TPSA) is 108 Å². The summed E-state index contributed by atoms with van der Waals surface area (Å²) in [5.74, 6) is 0.628. The summed E-state index contributed by atoms with van der Waals surface area (Å²) in [7, 11) is 1.58. The van der Waals surface area contributed by atoms with Gasteiger partial charge in [-0.05, 0) is 48.5 Å². The Labute approximate surface area is 175 Å². The molecular weight excluding hydrogens is 410 g/mol. The Hall–Kier alpha value is -3.91. The fraction of sp³-hybridized carbons (Fsp3) is 0.0476. The Kier molecular flexibility index (Phi) is 5.07. The van der Waals surface area contributed by atoms with Crippen molar-refractivity contribution in [3.8, 4) is 17.2 Å². The summed E-state index contributed by atoms with van der Waals surface area (Å²) in [5, 5.41) is 13.7. The maximum atomic E-state index is 12.4. The summed E-state index contributed by atoms with van der Waals surface area (Å²) < 4.78 is 10.9. The second kappa shape index (κ2) is 7.84. The van der Waals surface area contributed by atoms with Gasteiger partial charge in [0.25, 0.3) is 11.6 Å². The molecule has 1 amide bonds. The van der Waals surface area contributed by atoms with Crippen molar-refractivity contribution in [2.24, 2.45) is 0 Å². The first-order chi connectivity index (χ1) is 14.4. The highest BCUT2D eigenvalue weighted by Gasteiger charge is 2.16. The number of nitrogens with zero attached hydrogens (tertiary/aromatic N) is 2. The molecule has 3 aromatic carbocycles. The van der Waals surface area contributed by atoms with Gasteiger partial charge in [0.05, 0.1) is 12.0 Å². The number of anilines is 1. The van der Waals surface area contributed by atoms with Gasteiger partial charge >= 0.3 is 0 Å². The molecule has 1 heterocycles. The average molecular weight is 424 g/mol. The van der Waals surface area contributed by atoms with Crippen LogP contribution in [0.15, 0.2) is 65.1 Å². The first-order valence-electron chi connectivity index (χ1n) is 8.75. The molecule has 4 aromatic rings. The van der Waals surface area contributed by atoms with E-state index >= 15 is 0 Å². The molecule has 9 heteroatoms. The summed E-state index contributed by atoms with van der Waals surface area (Å²) in [6, 6.07) is 16.1. The number of benzene rings is 3. The van der Waals surface area contributed by atoms with Gasteiger partial charge in [-0.3, -0.25) is 14.9 Å². The SMILES string of the molecule is COc1ccc2oc(-c3ccc(NC(=O)c4ccc(Cl)c([N+](=O)[O-])c4)cc3)nc2c1. The van der Waals surface area contributed by atoms with Crippen molar-refractivity contribution in [2.45, 2.75) is 0 Å². The Bertz CT molecular complexity index is 1270. The van der Waals surface area contributed by atoms with Crippen LogP contribution in [0.1, 0.15) is 10.4 Å². The molecule has 1 N–H and O–H groups in total. The molecule has 0 fully saturated rings. The Morgan fingerprint density at radius 1 is 1.13 bits per heavy atom. The van der Waals surface area contributed by atoms with E-state index in [0.717, 1.165) is 11.6 Å². The summed E-state index contributed by atoms with van der Waals surface area (Å²) >= 11 is 5.78. The maximum Gasteiger partial charge on any atom is 0.288 e. The van der Waals surface area contributed by atoms with Crippen LogP contribution in [0.4, 0.5) is 11.4 Å². The van der Waals surface area contributed by atoms with E-state index in [1.54, 1.807) is 49.6 Å². The van der Waals surface area contributed by atoms with E-state index in [1.165, 1.54) is 12.1 Å². The van der Waals surface area contributed by atoms with E-state index in [2.05, 4.69) is 10.3 Å². The highest BCUT2D eigenvalue weighted by molar-refractivity contribution is 6.32. The third kappa shape index (κ3) is 3.81. The molecule has 150 valence electrons. The number of halogens is 1. The molecule has 0 aliphatic carbocycles. The third-order valence-electron chi connectivity index (χ3n) is 4.39. The third-order valence-corrected chi connectivity index (χ3v) is 4.71. The highest BCUT2D eigenvalue weighted by atomic mass is 35.5. The van der Waals surface area contributed by atoms with Gasteiger partial charge in [0.1, 0.15) is 16.3 Å². The van der Waals surface area contributed by atoms with Gasteiger partial charge in [0.15, 0.2) is 5.58 Å². The van der Waals surface area contributed by atoms with Gasteiger partial charge in [0, 0.05) is 28.9 Å². The number of fused-ring (bicyclic) bond motifs is 1. The van der Waals surface area contributed by atoms with Gasteiger partial charge in [0.2, 0.25) is 5.89 Å². The molecule has 0 radical (unpaired) electrons. The number of hydrogen-bond donors (Lipinski definition) is 1. The average Bonchev–Trinajstić information content (AvgIpc) is 3.17. The molecule has 0 aliphatic rings. The Morgan fingerprint density at radius 3 is 2.60 bits per heavy atom. The lowest BCUT2D eigenvalue weighted by molar-refractivity contribution is -0.384. The molecule has 1 aromatic heterocycles. The van der Waals surface area contributed by atoms with Gasteiger partial charge in [-0.1, -0.05) is 11.6 Å². The number of nitrogens with one attached hydrogen (secondary N) is 1. The van der Waals surface area contributed by atoms with E-state index in [4.69, 9.17) is 20.8 Å². The predicted octanol–water partition coefficient (Wildman–Crippen LogP) is 5.32. The molecule has 0 bridgehead atoms. The zero-order valence-corrected chi connectivity index (χ0v) is 16.3. The summed E-state index contributed by atoms with van der Waals surface area (Å²) in [4.78, 5) is 27.2. The van der Waals surface area contributed by atoms with Crippen LogP contribution in [0, 0.1) is 10.1 Å². The van der Waals surface area contributed by atoms with Crippen LogP contribution in [0.2, 0.25) is 5.02 Å². The van der Waals surface area contributed by atoms with E-state index in [9.17, 15) is 14.9 Å². The zero-order valence-electron chi connectivity index (χ0n) is 15.6. The maximum absolute atomic E-state index is 12.4. The van der Waals surface area contributed by atoms with E-state index in [0.29, 0.717) is 28.4 Å². The quantitative estimate of drug-likeness (QED) is 0.344. The first kappa shape index (κ1) is 19.4. The fourth-order valence-electron chi connectivity index (χ4n) is 2.85. The highest BCUT2D eigenvalue weighted by Crippen LogP contribution is 2.28. The van der Waals surface area contributed by atoms with Crippen molar-refractivity contribution in [1.82, 2.24) is 4.98 Å². The number of methoxy groups -OCH3 is 1. The lowest BCUT2D eigenvalue weighted by atomic mass is 10.1. The predicted molar refractivity (Wildman–Crippen MR) is 112 cm³/mol. The van der Waals surface area contributed by atoms with Crippen LogP contribution in [-0.2, 0) is 0 Å². The molecular formula is C21H14ClN3O5. The molecule has 30 heavy (non-hydrogen) atoms. The standard InChI is InChI=1S/C21H14ClN3O5/c1-29-15-7-9-19-17(11-15)24-21(30-19)12-2-5-14(6-3-12)23-20(26)13-4-8-16(22)18(10-13)25(27)28/h2-11H,1H3,(H,23,26). The number of hydrogen-bond acceptors (Lipinski definition) is 6. The van der Waals surface area contributed by atoms with Gasteiger partial charge in [-0.2, -0.15) is 0 Å². The van der Waals surface area contributed by atoms with Crippen LogP contribution in [0.5, 0.6) is 5.75 Å². The van der Waals surface area contributed by atoms with Crippen molar-refractivity contribution < 1.29 is 18.9 Å². The summed E-state index contributed by atoms with van der Waals surface area (Å²) in [6.07, 6.45) is 0. The number of nitro groups is 1. The normalized spacial score (nSPS) is 10.7. The van der Waals surface area contributed by atoms with Gasteiger partial charge in [-0.25, -0.2) is 4.98 Å². The van der Waals surface area contributed by atoms with E-state index in [1.807, 2.05) is 0 Å². The van der Waals surface area contributed by atoms with Crippen LogP contribution >= 0.6 is 11.6 Å². The number of aromatic nitrogens is 1. The molecule has 0 unspecified atom stereocenters. The molecule has 0 saturated heterocycles. The van der Waals surface area contributed by atoms with E-state index < -0.39 is 10.8 Å². The van der Waals surface area contributed by atoms with Crippen molar-refractivity contribution >= 4 is 40.0 Å².